The lowest BCUT2D eigenvalue weighted by Crippen LogP contribution is -2.53. The Labute approximate surface area is 162 Å². The Morgan fingerprint density at radius 1 is 1.15 bits per heavy atom. The van der Waals surface area contributed by atoms with Crippen molar-refractivity contribution in [2.75, 3.05) is 26.2 Å². The van der Waals surface area contributed by atoms with Gasteiger partial charge in [0.05, 0.1) is 0 Å². The number of nitrogens with one attached hydrogen (secondary N) is 1. The lowest BCUT2D eigenvalue weighted by Gasteiger charge is -2.47. The van der Waals surface area contributed by atoms with E-state index in [1.165, 1.54) is 18.4 Å². The van der Waals surface area contributed by atoms with E-state index >= 15 is 0 Å². The summed E-state index contributed by atoms with van der Waals surface area (Å²) in [5.74, 6) is 1.09. The molecule has 2 heterocycles. The van der Waals surface area contributed by atoms with E-state index in [0.29, 0.717) is 18.9 Å². The molecule has 2 aliphatic heterocycles. The minimum absolute atomic E-state index is 0.0344. The average molecular weight is 370 g/mol. The summed E-state index contributed by atoms with van der Waals surface area (Å²) in [5.41, 5.74) is 2.59. The van der Waals surface area contributed by atoms with Crippen molar-refractivity contribution < 1.29 is 9.59 Å². The maximum Gasteiger partial charge on any atom is 0.317 e. The summed E-state index contributed by atoms with van der Waals surface area (Å²) in [6, 6.07) is 8.31. The molecule has 0 atom stereocenters. The van der Waals surface area contributed by atoms with Crippen LogP contribution in [0.1, 0.15) is 49.7 Å². The molecule has 0 radical (unpaired) electrons. The molecular formula is C22H31N3O2. The fourth-order valence-electron chi connectivity index (χ4n) is 4.47. The summed E-state index contributed by atoms with van der Waals surface area (Å²) in [5, 5.41) is 3.05. The Balaban J connectivity index is 1.27. The van der Waals surface area contributed by atoms with E-state index < -0.39 is 0 Å². The van der Waals surface area contributed by atoms with E-state index in [4.69, 9.17) is 0 Å². The fourth-order valence-corrected chi connectivity index (χ4v) is 4.47. The third-order valence-electron chi connectivity index (χ3n) is 6.60. The zero-order valence-corrected chi connectivity index (χ0v) is 16.4. The van der Waals surface area contributed by atoms with Crippen LogP contribution in [0, 0.1) is 18.3 Å². The van der Waals surface area contributed by atoms with Gasteiger partial charge in [0.2, 0.25) is 5.91 Å². The van der Waals surface area contributed by atoms with Gasteiger partial charge in [0.25, 0.3) is 0 Å². The molecule has 1 aromatic carbocycles. The number of nitrogens with zero attached hydrogens (tertiary/aromatic N) is 2. The number of rotatable bonds is 4. The first-order chi connectivity index (χ1) is 13.0. The van der Waals surface area contributed by atoms with Gasteiger partial charge in [0.1, 0.15) is 0 Å². The van der Waals surface area contributed by atoms with Gasteiger partial charge in [-0.2, -0.15) is 0 Å². The Hall–Kier alpha value is -2.04. The van der Waals surface area contributed by atoms with Gasteiger partial charge in [0.15, 0.2) is 0 Å². The van der Waals surface area contributed by atoms with E-state index in [2.05, 4.69) is 41.4 Å². The van der Waals surface area contributed by atoms with E-state index in [-0.39, 0.29) is 11.4 Å². The zero-order valence-electron chi connectivity index (χ0n) is 16.4. The highest BCUT2D eigenvalue weighted by molar-refractivity contribution is 5.77. The van der Waals surface area contributed by atoms with Crippen LogP contribution in [0.25, 0.3) is 0 Å². The average Bonchev–Trinajstić information content (AvgIpc) is 3.49. The van der Waals surface area contributed by atoms with E-state index in [9.17, 15) is 9.59 Å². The van der Waals surface area contributed by atoms with Crippen molar-refractivity contribution in [3.05, 3.63) is 35.4 Å². The minimum Gasteiger partial charge on any atom is -0.342 e. The zero-order chi connectivity index (χ0) is 18.9. The molecule has 1 saturated carbocycles. The normalized spacial score (nSPS) is 22.2. The molecule has 1 aliphatic carbocycles. The molecule has 3 fully saturated rings. The Morgan fingerprint density at radius 3 is 2.52 bits per heavy atom. The smallest absolute Gasteiger partial charge is 0.317 e. The summed E-state index contributed by atoms with van der Waals surface area (Å²) in [6.45, 7) is 6.10. The number of urea groups is 1. The van der Waals surface area contributed by atoms with Crippen molar-refractivity contribution in [1.82, 2.24) is 15.1 Å². The monoisotopic (exact) mass is 369 g/mol. The van der Waals surface area contributed by atoms with Crippen LogP contribution in [0.4, 0.5) is 4.79 Å². The number of carbonyl (C=O) groups is 2. The standard InChI is InChI=1S/C22H31N3O2/c1-17-2-4-18(5-3-17)14-23-21(27)24-12-10-22(11-13-24)9-8-20(26)25(16-22)15-19-6-7-19/h2-5,19H,6-16H2,1H3,(H,23,27). The highest BCUT2D eigenvalue weighted by Crippen LogP contribution is 2.41. The predicted molar refractivity (Wildman–Crippen MR) is 105 cm³/mol. The summed E-state index contributed by atoms with van der Waals surface area (Å²) in [4.78, 5) is 28.8. The van der Waals surface area contributed by atoms with Gasteiger partial charge in [-0.05, 0) is 55.9 Å². The number of likely N-dealkylation sites (tertiary alicyclic amines) is 2. The van der Waals surface area contributed by atoms with Crippen LogP contribution in [0.5, 0.6) is 0 Å². The number of aryl methyl sites for hydroxylation is 1. The lowest BCUT2D eigenvalue weighted by atomic mass is 9.72. The van der Waals surface area contributed by atoms with Crippen molar-refractivity contribution in [2.45, 2.75) is 52.0 Å². The lowest BCUT2D eigenvalue weighted by molar-refractivity contribution is -0.139. The third kappa shape index (κ3) is 4.45. The maximum atomic E-state index is 12.5. The molecule has 146 valence electrons. The predicted octanol–water partition coefficient (Wildman–Crippen LogP) is 3.32. The molecule has 0 bridgehead atoms. The second-order valence-corrected chi connectivity index (χ2v) is 8.85. The molecule has 3 aliphatic rings. The summed E-state index contributed by atoms with van der Waals surface area (Å²) in [7, 11) is 0. The van der Waals surface area contributed by atoms with Crippen LogP contribution in [-0.4, -0.2) is 47.9 Å². The first-order valence-electron chi connectivity index (χ1n) is 10.4. The van der Waals surface area contributed by atoms with Crippen molar-refractivity contribution in [2.24, 2.45) is 11.3 Å². The van der Waals surface area contributed by atoms with Crippen molar-refractivity contribution in [3.8, 4) is 0 Å². The topological polar surface area (TPSA) is 52.7 Å². The van der Waals surface area contributed by atoms with Crippen molar-refractivity contribution in [1.29, 1.82) is 0 Å². The molecule has 1 aromatic rings. The molecule has 3 amide bonds. The number of carbonyl (C=O) groups excluding carboxylic acids is 2. The maximum absolute atomic E-state index is 12.5. The van der Waals surface area contributed by atoms with Crippen LogP contribution in [0.2, 0.25) is 0 Å². The van der Waals surface area contributed by atoms with Crippen LogP contribution < -0.4 is 5.32 Å². The van der Waals surface area contributed by atoms with Gasteiger partial charge in [-0.3, -0.25) is 4.79 Å². The summed E-state index contributed by atoms with van der Waals surface area (Å²) >= 11 is 0. The SMILES string of the molecule is Cc1ccc(CNC(=O)N2CCC3(CCC(=O)N(CC4CC4)C3)CC2)cc1. The number of hydrogen-bond donors (Lipinski definition) is 1. The molecule has 1 spiro atoms. The molecule has 27 heavy (non-hydrogen) atoms. The van der Waals surface area contributed by atoms with Crippen LogP contribution in [0.3, 0.4) is 0 Å². The molecule has 0 unspecified atom stereocenters. The van der Waals surface area contributed by atoms with Gasteiger partial charge in [-0.1, -0.05) is 29.8 Å². The minimum atomic E-state index is 0.0344. The third-order valence-corrected chi connectivity index (χ3v) is 6.60. The van der Waals surface area contributed by atoms with E-state index in [0.717, 1.165) is 56.9 Å². The highest BCUT2D eigenvalue weighted by atomic mass is 16.2. The largest absolute Gasteiger partial charge is 0.342 e. The fraction of sp³-hybridized carbons (Fsp3) is 0.636. The van der Waals surface area contributed by atoms with E-state index in [1.54, 1.807) is 0 Å². The second kappa shape index (κ2) is 7.53. The molecule has 0 aromatic heterocycles. The van der Waals surface area contributed by atoms with Gasteiger partial charge >= 0.3 is 6.03 Å². The molecule has 4 rings (SSSR count). The summed E-state index contributed by atoms with van der Waals surface area (Å²) in [6.07, 6.45) is 6.27. The molecule has 5 heteroatoms. The Kier molecular flexibility index (Phi) is 5.11. The number of piperidine rings is 2. The van der Waals surface area contributed by atoms with Gasteiger partial charge in [-0.15, -0.1) is 0 Å². The first-order valence-corrected chi connectivity index (χ1v) is 10.4. The number of hydrogen-bond acceptors (Lipinski definition) is 2. The molecule has 5 nitrogen and oxygen atoms in total. The van der Waals surface area contributed by atoms with Gasteiger partial charge in [0, 0.05) is 39.1 Å². The molecule has 2 saturated heterocycles. The van der Waals surface area contributed by atoms with Crippen molar-refractivity contribution >= 4 is 11.9 Å². The Bertz CT molecular complexity index is 688. The van der Waals surface area contributed by atoms with Gasteiger partial charge < -0.3 is 15.1 Å². The van der Waals surface area contributed by atoms with Crippen LogP contribution in [0.15, 0.2) is 24.3 Å². The summed E-state index contributed by atoms with van der Waals surface area (Å²) < 4.78 is 0. The van der Waals surface area contributed by atoms with Crippen LogP contribution in [-0.2, 0) is 11.3 Å². The first kappa shape index (κ1) is 18.3. The molecule has 1 N–H and O–H groups in total. The highest BCUT2D eigenvalue weighted by Gasteiger charge is 2.42. The second-order valence-electron chi connectivity index (χ2n) is 8.85. The number of amides is 3. The quantitative estimate of drug-likeness (QED) is 0.885. The molecular weight excluding hydrogens is 338 g/mol. The van der Waals surface area contributed by atoms with Crippen LogP contribution >= 0.6 is 0 Å². The van der Waals surface area contributed by atoms with Gasteiger partial charge in [-0.25, -0.2) is 4.79 Å². The van der Waals surface area contributed by atoms with Crippen molar-refractivity contribution in [3.63, 3.8) is 0 Å². The van der Waals surface area contributed by atoms with E-state index in [1.807, 2.05) is 4.90 Å². The Morgan fingerprint density at radius 2 is 1.85 bits per heavy atom. The number of benzene rings is 1.